The molecule has 0 aliphatic carbocycles. The standard InChI is InChI=1S/C9H18O3S/c1-7(2)9(3,12)6-13-5-4-8(10)11/h7,12H,4-6H2,1-3H3,(H,10,11). The second-order valence-electron chi connectivity index (χ2n) is 3.71. The Morgan fingerprint density at radius 1 is 1.54 bits per heavy atom. The van der Waals surface area contributed by atoms with E-state index in [9.17, 15) is 9.90 Å². The summed E-state index contributed by atoms with van der Waals surface area (Å²) in [7, 11) is 0. The highest BCUT2D eigenvalue weighted by Gasteiger charge is 2.24. The zero-order chi connectivity index (χ0) is 10.5. The molecule has 0 aromatic heterocycles. The van der Waals surface area contributed by atoms with Gasteiger partial charge in [0.15, 0.2) is 0 Å². The maximum atomic E-state index is 10.2. The van der Waals surface area contributed by atoms with Crippen molar-refractivity contribution in [3.8, 4) is 0 Å². The Morgan fingerprint density at radius 2 is 2.08 bits per heavy atom. The summed E-state index contributed by atoms with van der Waals surface area (Å²) in [5.74, 6) is 0.581. The molecule has 1 atom stereocenters. The summed E-state index contributed by atoms with van der Waals surface area (Å²) in [6, 6.07) is 0. The number of aliphatic hydroxyl groups is 1. The van der Waals surface area contributed by atoms with Gasteiger partial charge in [-0.15, -0.1) is 0 Å². The van der Waals surface area contributed by atoms with Crippen molar-refractivity contribution >= 4 is 17.7 Å². The van der Waals surface area contributed by atoms with E-state index in [1.807, 2.05) is 13.8 Å². The molecule has 3 nitrogen and oxygen atoms in total. The van der Waals surface area contributed by atoms with Gasteiger partial charge in [0.1, 0.15) is 0 Å². The molecule has 2 N–H and O–H groups in total. The summed E-state index contributed by atoms with van der Waals surface area (Å²) in [6.45, 7) is 5.70. The van der Waals surface area contributed by atoms with Crippen LogP contribution in [-0.2, 0) is 4.79 Å². The van der Waals surface area contributed by atoms with Crippen molar-refractivity contribution in [1.82, 2.24) is 0 Å². The number of carboxylic acid groups (broad SMARTS) is 1. The van der Waals surface area contributed by atoms with Crippen molar-refractivity contribution in [2.24, 2.45) is 5.92 Å². The predicted molar refractivity (Wildman–Crippen MR) is 55.0 cm³/mol. The molecule has 0 saturated carbocycles. The first-order valence-corrected chi connectivity index (χ1v) is 5.53. The van der Waals surface area contributed by atoms with Gasteiger partial charge in [0, 0.05) is 11.5 Å². The zero-order valence-electron chi connectivity index (χ0n) is 8.41. The van der Waals surface area contributed by atoms with Crippen molar-refractivity contribution < 1.29 is 15.0 Å². The molecule has 4 heteroatoms. The number of thioether (sulfide) groups is 1. The number of aliphatic carboxylic acids is 1. The Hall–Kier alpha value is -0.220. The second kappa shape index (κ2) is 5.50. The average Bonchev–Trinajstić information content (AvgIpc) is 1.97. The molecule has 0 heterocycles. The summed E-state index contributed by atoms with van der Waals surface area (Å²) >= 11 is 1.49. The van der Waals surface area contributed by atoms with E-state index in [1.54, 1.807) is 6.92 Å². The molecule has 0 amide bonds. The van der Waals surface area contributed by atoms with E-state index in [2.05, 4.69) is 0 Å². The van der Waals surface area contributed by atoms with E-state index in [0.29, 0.717) is 11.5 Å². The summed E-state index contributed by atoms with van der Waals surface area (Å²) < 4.78 is 0. The van der Waals surface area contributed by atoms with E-state index in [1.165, 1.54) is 11.8 Å². The highest BCUT2D eigenvalue weighted by molar-refractivity contribution is 7.99. The van der Waals surface area contributed by atoms with Crippen LogP contribution in [0, 0.1) is 5.92 Å². The van der Waals surface area contributed by atoms with E-state index >= 15 is 0 Å². The lowest BCUT2D eigenvalue weighted by Crippen LogP contribution is -2.34. The van der Waals surface area contributed by atoms with Gasteiger partial charge in [0.05, 0.1) is 12.0 Å². The van der Waals surface area contributed by atoms with Crippen LogP contribution in [0.4, 0.5) is 0 Å². The van der Waals surface area contributed by atoms with Crippen LogP contribution in [0.2, 0.25) is 0 Å². The number of hydrogen-bond donors (Lipinski definition) is 2. The van der Waals surface area contributed by atoms with Gasteiger partial charge in [-0.2, -0.15) is 11.8 Å². The molecule has 0 bridgehead atoms. The second-order valence-corrected chi connectivity index (χ2v) is 4.81. The molecule has 0 aromatic rings. The largest absolute Gasteiger partial charge is 0.481 e. The molecule has 0 aliphatic rings. The normalized spacial score (nSPS) is 15.8. The van der Waals surface area contributed by atoms with Gasteiger partial charge in [0.2, 0.25) is 0 Å². The minimum Gasteiger partial charge on any atom is -0.481 e. The first-order chi connectivity index (χ1) is 5.86. The Balaban J connectivity index is 3.58. The fourth-order valence-electron chi connectivity index (χ4n) is 0.605. The molecule has 13 heavy (non-hydrogen) atoms. The van der Waals surface area contributed by atoms with Gasteiger partial charge >= 0.3 is 5.97 Å². The van der Waals surface area contributed by atoms with Crippen LogP contribution in [0.3, 0.4) is 0 Å². The highest BCUT2D eigenvalue weighted by atomic mass is 32.2. The molecule has 1 unspecified atom stereocenters. The smallest absolute Gasteiger partial charge is 0.304 e. The van der Waals surface area contributed by atoms with E-state index in [-0.39, 0.29) is 12.3 Å². The number of hydrogen-bond acceptors (Lipinski definition) is 3. The van der Waals surface area contributed by atoms with E-state index < -0.39 is 11.6 Å². The average molecular weight is 206 g/mol. The van der Waals surface area contributed by atoms with Gasteiger partial charge in [-0.3, -0.25) is 4.79 Å². The predicted octanol–water partition coefficient (Wildman–Crippen LogP) is 1.60. The van der Waals surface area contributed by atoms with Gasteiger partial charge in [-0.05, 0) is 12.8 Å². The number of carbonyl (C=O) groups is 1. The maximum Gasteiger partial charge on any atom is 0.304 e. The first-order valence-electron chi connectivity index (χ1n) is 4.38. The molecule has 0 spiro atoms. The molecule has 0 saturated heterocycles. The van der Waals surface area contributed by atoms with Crippen molar-refractivity contribution in [2.45, 2.75) is 32.8 Å². The molecule has 0 radical (unpaired) electrons. The van der Waals surface area contributed by atoms with Crippen molar-refractivity contribution in [3.63, 3.8) is 0 Å². The van der Waals surface area contributed by atoms with Crippen LogP contribution >= 0.6 is 11.8 Å². The maximum absolute atomic E-state index is 10.2. The van der Waals surface area contributed by atoms with Crippen LogP contribution in [-0.4, -0.2) is 33.3 Å². The van der Waals surface area contributed by atoms with E-state index in [4.69, 9.17) is 5.11 Å². The number of carboxylic acids is 1. The third-order valence-electron chi connectivity index (χ3n) is 2.10. The molecular formula is C9H18O3S. The Labute approximate surface area is 83.5 Å². The van der Waals surface area contributed by atoms with Gasteiger partial charge in [0.25, 0.3) is 0 Å². The van der Waals surface area contributed by atoms with Crippen molar-refractivity contribution in [3.05, 3.63) is 0 Å². The van der Waals surface area contributed by atoms with Crippen LogP contribution in [0.1, 0.15) is 27.2 Å². The van der Waals surface area contributed by atoms with Crippen LogP contribution < -0.4 is 0 Å². The monoisotopic (exact) mass is 206 g/mol. The molecule has 0 aromatic carbocycles. The fourth-order valence-corrected chi connectivity index (χ4v) is 1.81. The topological polar surface area (TPSA) is 57.5 Å². The van der Waals surface area contributed by atoms with Crippen LogP contribution in [0.5, 0.6) is 0 Å². The Bertz CT molecular complexity index is 166. The fraction of sp³-hybridized carbons (Fsp3) is 0.889. The van der Waals surface area contributed by atoms with Crippen LogP contribution in [0.25, 0.3) is 0 Å². The minimum absolute atomic E-state index is 0.166. The lowest BCUT2D eigenvalue weighted by molar-refractivity contribution is -0.136. The molecule has 0 rings (SSSR count). The van der Waals surface area contributed by atoms with E-state index in [0.717, 1.165) is 0 Å². The Kier molecular flexibility index (Phi) is 5.40. The van der Waals surface area contributed by atoms with Crippen molar-refractivity contribution in [2.75, 3.05) is 11.5 Å². The van der Waals surface area contributed by atoms with Gasteiger partial charge in [-0.1, -0.05) is 13.8 Å². The molecule has 0 aliphatic heterocycles. The number of rotatable bonds is 6. The highest BCUT2D eigenvalue weighted by Crippen LogP contribution is 2.21. The summed E-state index contributed by atoms with van der Waals surface area (Å²) in [5.41, 5.74) is -0.691. The summed E-state index contributed by atoms with van der Waals surface area (Å²) in [5, 5.41) is 18.2. The zero-order valence-corrected chi connectivity index (χ0v) is 9.23. The first kappa shape index (κ1) is 12.8. The van der Waals surface area contributed by atoms with Crippen molar-refractivity contribution in [1.29, 1.82) is 0 Å². The molecule has 78 valence electrons. The lowest BCUT2D eigenvalue weighted by Gasteiger charge is -2.26. The SMILES string of the molecule is CC(C)C(C)(O)CSCCC(=O)O. The molecule has 0 fully saturated rings. The lowest BCUT2D eigenvalue weighted by atomic mass is 9.95. The summed E-state index contributed by atoms with van der Waals surface area (Å²) in [4.78, 5) is 10.2. The minimum atomic E-state index is -0.781. The van der Waals surface area contributed by atoms with Gasteiger partial charge in [-0.25, -0.2) is 0 Å². The third kappa shape index (κ3) is 5.93. The summed E-state index contributed by atoms with van der Waals surface area (Å²) in [6.07, 6.45) is 0.166. The third-order valence-corrected chi connectivity index (χ3v) is 3.38. The Morgan fingerprint density at radius 3 is 2.46 bits per heavy atom. The molecular weight excluding hydrogens is 188 g/mol. The quantitative estimate of drug-likeness (QED) is 0.648. The van der Waals surface area contributed by atoms with Crippen LogP contribution in [0.15, 0.2) is 0 Å². The van der Waals surface area contributed by atoms with Gasteiger partial charge < -0.3 is 10.2 Å².